The highest BCUT2D eigenvalue weighted by atomic mass is 16.6. The summed E-state index contributed by atoms with van der Waals surface area (Å²) in [5, 5.41) is 16.1. The van der Waals surface area contributed by atoms with E-state index in [-0.39, 0.29) is 23.5 Å². The van der Waals surface area contributed by atoms with Crippen LogP contribution in [0.25, 0.3) is 0 Å². The Labute approximate surface area is 172 Å². The second kappa shape index (κ2) is 9.96. The molecule has 2 rings (SSSR count). The van der Waals surface area contributed by atoms with Gasteiger partial charge in [-0.25, -0.2) is 0 Å². The van der Waals surface area contributed by atoms with Crippen molar-refractivity contribution in [2.24, 2.45) is 0 Å². The second-order valence-electron chi connectivity index (χ2n) is 5.79. The molecule has 0 aliphatic heterocycles. The molecule has 0 saturated heterocycles. The fraction of sp³-hybridized carbons (Fsp3) is 0.263. The maximum absolute atomic E-state index is 12.2. The summed E-state index contributed by atoms with van der Waals surface area (Å²) >= 11 is 0. The van der Waals surface area contributed by atoms with Crippen LogP contribution in [-0.4, -0.2) is 51.7 Å². The summed E-state index contributed by atoms with van der Waals surface area (Å²) in [6, 6.07) is 6.81. The first-order chi connectivity index (χ1) is 14.3. The molecule has 2 aromatic rings. The third-order valence-electron chi connectivity index (χ3n) is 4.00. The van der Waals surface area contributed by atoms with Crippen LogP contribution in [0, 0.1) is 10.1 Å². The predicted molar refractivity (Wildman–Crippen MR) is 107 cm³/mol. The van der Waals surface area contributed by atoms with Gasteiger partial charge in [-0.05, 0) is 12.1 Å². The van der Waals surface area contributed by atoms with Gasteiger partial charge < -0.3 is 29.6 Å². The zero-order valence-electron chi connectivity index (χ0n) is 16.8. The third-order valence-corrected chi connectivity index (χ3v) is 4.00. The number of nitro groups is 1. The molecule has 0 fully saturated rings. The van der Waals surface area contributed by atoms with Crippen LogP contribution in [0.1, 0.15) is 10.4 Å². The average molecular weight is 419 g/mol. The summed E-state index contributed by atoms with van der Waals surface area (Å²) in [7, 11) is 5.63. The lowest BCUT2D eigenvalue weighted by atomic mass is 10.1. The quantitative estimate of drug-likeness (QED) is 0.465. The Morgan fingerprint density at radius 1 is 0.933 bits per heavy atom. The van der Waals surface area contributed by atoms with E-state index in [9.17, 15) is 19.7 Å². The van der Waals surface area contributed by atoms with Gasteiger partial charge in [0.15, 0.2) is 17.2 Å². The number of carbonyl (C=O) groups excluding carboxylic acids is 2. The highest BCUT2D eigenvalue weighted by Crippen LogP contribution is 2.39. The van der Waals surface area contributed by atoms with Crippen molar-refractivity contribution in [2.45, 2.75) is 0 Å². The van der Waals surface area contributed by atoms with Gasteiger partial charge in [-0.15, -0.1) is 0 Å². The first kappa shape index (κ1) is 22.3. The Balaban J connectivity index is 2.07. The van der Waals surface area contributed by atoms with E-state index in [0.29, 0.717) is 22.9 Å². The lowest BCUT2D eigenvalue weighted by Gasteiger charge is -2.14. The molecule has 0 heterocycles. The molecule has 0 aliphatic carbocycles. The standard InChI is InChI=1S/C19H21N3O8/c1-27-14-6-5-11(7-13(14)22(25)26)19(24)20-10-17(23)21-12-8-15(28-2)18(30-4)16(9-12)29-3/h5-9H,10H2,1-4H3,(H,20,24)(H,21,23). The lowest BCUT2D eigenvalue weighted by Crippen LogP contribution is -2.32. The lowest BCUT2D eigenvalue weighted by molar-refractivity contribution is -0.385. The first-order valence-electron chi connectivity index (χ1n) is 8.55. The van der Waals surface area contributed by atoms with Crippen LogP contribution in [0.3, 0.4) is 0 Å². The Bertz CT molecular complexity index is 936. The van der Waals surface area contributed by atoms with E-state index in [4.69, 9.17) is 18.9 Å². The van der Waals surface area contributed by atoms with Gasteiger partial charge in [0.1, 0.15) is 0 Å². The highest BCUT2D eigenvalue weighted by molar-refractivity contribution is 6.00. The van der Waals surface area contributed by atoms with Gasteiger partial charge in [0.25, 0.3) is 5.91 Å². The summed E-state index contributed by atoms with van der Waals surface area (Å²) in [6.07, 6.45) is 0. The molecular formula is C19H21N3O8. The maximum atomic E-state index is 12.2. The minimum absolute atomic E-state index is 0.0167. The maximum Gasteiger partial charge on any atom is 0.311 e. The average Bonchev–Trinajstić information content (AvgIpc) is 2.75. The Hall–Kier alpha value is -4.02. The van der Waals surface area contributed by atoms with E-state index in [1.165, 1.54) is 52.7 Å². The number of nitrogens with one attached hydrogen (secondary N) is 2. The third kappa shape index (κ3) is 5.07. The van der Waals surface area contributed by atoms with Crippen LogP contribution in [0.2, 0.25) is 0 Å². The summed E-state index contributed by atoms with van der Waals surface area (Å²) in [5.74, 6) is -0.0889. The zero-order chi connectivity index (χ0) is 22.3. The van der Waals surface area contributed by atoms with Crippen LogP contribution in [0.15, 0.2) is 30.3 Å². The largest absolute Gasteiger partial charge is 0.493 e. The van der Waals surface area contributed by atoms with E-state index in [1.54, 1.807) is 0 Å². The number of amides is 2. The molecule has 0 unspecified atom stereocenters. The van der Waals surface area contributed by atoms with Gasteiger partial charge >= 0.3 is 5.69 Å². The normalized spacial score (nSPS) is 10.0. The fourth-order valence-electron chi connectivity index (χ4n) is 2.59. The number of carbonyl (C=O) groups is 2. The number of anilines is 1. The number of hydrogen-bond acceptors (Lipinski definition) is 8. The molecule has 0 radical (unpaired) electrons. The molecule has 0 aromatic heterocycles. The van der Waals surface area contributed by atoms with Crippen molar-refractivity contribution in [1.29, 1.82) is 0 Å². The van der Waals surface area contributed by atoms with E-state index in [0.717, 1.165) is 6.07 Å². The predicted octanol–water partition coefficient (Wildman–Crippen LogP) is 2.00. The first-order valence-corrected chi connectivity index (χ1v) is 8.55. The van der Waals surface area contributed by atoms with Gasteiger partial charge in [0, 0.05) is 29.4 Å². The molecule has 0 atom stereocenters. The van der Waals surface area contributed by atoms with Crippen molar-refractivity contribution in [2.75, 3.05) is 40.3 Å². The van der Waals surface area contributed by atoms with Crippen molar-refractivity contribution >= 4 is 23.2 Å². The minimum atomic E-state index is -0.660. The van der Waals surface area contributed by atoms with Crippen LogP contribution in [0.5, 0.6) is 23.0 Å². The molecule has 30 heavy (non-hydrogen) atoms. The molecule has 0 spiro atoms. The molecular weight excluding hydrogens is 398 g/mol. The molecule has 11 nitrogen and oxygen atoms in total. The highest BCUT2D eigenvalue weighted by Gasteiger charge is 2.19. The van der Waals surface area contributed by atoms with E-state index in [2.05, 4.69) is 10.6 Å². The van der Waals surface area contributed by atoms with E-state index >= 15 is 0 Å². The Kier molecular flexibility index (Phi) is 7.39. The second-order valence-corrected chi connectivity index (χ2v) is 5.79. The van der Waals surface area contributed by atoms with Gasteiger partial charge in [-0.1, -0.05) is 0 Å². The molecule has 2 amide bonds. The number of hydrogen-bond donors (Lipinski definition) is 2. The van der Waals surface area contributed by atoms with Gasteiger partial charge in [0.05, 0.1) is 39.9 Å². The molecule has 160 valence electrons. The number of ether oxygens (including phenoxy) is 4. The van der Waals surface area contributed by atoms with Crippen molar-refractivity contribution in [1.82, 2.24) is 5.32 Å². The number of nitro benzene ring substituents is 1. The van der Waals surface area contributed by atoms with Gasteiger partial charge in [-0.3, -0.25) is 19.7 Å². The number of rotatable bonds is 9. The van der Waals surface area contributed by atoms with Gasteiger partial charge in [0.2, 0.25) is 11.7 Å². The van der Waals surface area contributed by atoms with Crippen molar-refractivity contribution in [3.05, 3.63) is 46.0 Å². The fourth-order valence-corrected chi connectivity index (χ4v) is 2.59. The molecule has 0 aliphatic rings. The van der Waals surface area contributed by atoms with Gasteiger partial charge in [-0.2, -0.15) is 0 Å². The van der Waals surface area contributed by atoms with Crippen molar-refractivity contribution < 1.29 is 33.5 Å². The zero-order valence-corrected chi connectivity index (χ0v) is 16.8. The Morgan fingerprint density at radius 3 is 2.03 bits per heavy atom. The minimum Gasteiger partial charge on any atom is -0.493 e. The molecule has 2 aromatic carbocycles. The van der Waals surface area contributed by atoms with Crippen LogP contribution >= 0.6 is 0 Å². The Morgan fingerprint density at radius 2 is 1.53 bits per heavy atom. The number of nitrogens with zero attached hydrogens (tertiary/aromatic N) is 1. The van der Waals surface area contributed by atoms with Crippen LogP contribution < -0.4 is 29.6 Å². The molecule has 11 heteroatoms. The summed E-state index contributed by atoms with van der Waals surface area (Å²) in [5.41, 5.74) is 0.0268. The summed E-state index contributed by atoms with van der Waals surface area (Å²) in [4.78, 5) is 34.9. The smallest absolute Gasteiger partial charge is 0.311 e. The molecule has 2 N–H and O–H groups in total. The van der Waals surface area contributed by atoms with Crippen LogP contribution in [-0.2, 0) is 4.79 Å². The monoisotopic (exact) mass is 419 g/mol. The SMILES string of the molecule is COc1ccc(C(=O)NCC(=O)Nc2cc(OC)c(OC)c(OC)c2)cc1[N+](=O)[O-]. The number of benzene rings is 2. The van der Waals surface area contributed by atoms with E-state index < -0.39 is 16.7 Å². The summed E-state index contributed by atoms with van der Waals surface area (Å²) < 4.78 is 20.5. The van der Waals surface area contributed by atoms with E-state index in [1.807, 2.05) is 0 Å². The number of methoxy groups -OCH3 is 4. The molecule has 0 bridgehead atoms. The topological polar surface area (TPSA) is 138 Å². The van der Waals surface area contributed by atoms with Crippen LogP contribution in [0.4, 0.5) is 11.4 Å². The molecule has 0 saturated carbocycles. The van der Waals surface area contributed by atoms with Crippen molar-refractivity contribution in [3.63, 3.8) is 0 Å². The summed E-state index contributed by atoms with van der Waals surface area (Å²) in [6.45, 7) is -0.366. The van der Waals surface area contributed by atoms with Crippen molar-refractivity contribution in [3.8, 4) is 23.0 Å².